The maximum absolute atomic E-state index is 6.87. The zero-order chi connectivity index (χ0) is 43.0. The van der Waals surface area contributed by atoms with Crippen LogP contribution in [0.2, 0.25) is 0 Å². The lowest BCUT2D eigenvalue weighted by molar-refractivity contribution is 0.668. The molecule has 0 N–H and O–H groups in total. The number of rotatable bonds is 4. The van der Waals surface area contributed by atoms with Crippen LogP contribution in [0.3, 0.4) is 0 Å². The lowest BCUT2D eigenvalue weighted by atomic mass is 9.99. The summed E-state index contributed by atoms with van der Waals surface area (Å²) in [6.45, 7) is 0. The number of aromatic nitrogens is 4. The van der Waals surface area contributed by atoms with E-state index in [9.17, 15) is 0 Å². The van der Waals surface area contributed by atoms with Crippen molar-refractivity contribution in [1.82, 2.24) is 19.5 Å². The van der Waals surface area contributed by atoms with Crippen molar-refractivity contribution in [3.05, 3.63) is 194 Å². The maximum Gasteiger partial charge on any atom is 0.167 e. The summed E-state index contributed by atoms with van der Waals surface area (Å²) in [7, 11) is 0. The van der Waals surface area contributed by atoms with Crippen molar-refractivity contribution in [2.24, 2.45) is 0 Å². The summed E-state index contributed by atoms with van der Waals surface area (Å²) in [6.07, 6.45) is 0. The van der Waals surface area contributed by atoms with E-state index >= 15 is 0 Å². The summed E-state index contributed by atoms with van der Waals surface area (Å²) in [6, 6.07) is 67.5. The Morgan fingerprint density at radius 3 is 1.77 bits per heavy atom. The number of para-hydroxylation sites is 4. The first-order valence-electron chi connectivity index (χ1n) is 22.1. The van der Waals surface area contributed by atoms with Crippen LogP contribution in [-0.4, -0.2) is 19.5 Å². The molecule has 0 bridgehead atoms. The highest BCUT2D eigenvalue weighted by Gasteiger charge is 2.23. The third kappa shape index (κ3) is 5.05. The molecule has 0 fully saturated rings. The predicted octanol–water partition coefficient (Wildman–Crippen LogP) is 16.0. The van der Waals surface area contributed by atoms with Gasteiger partial charge < -0.3 is 17.8 Å². The molecular weight excluding hydrogens is 813 g/mol. The molecule has 0 saturated carbocycles. The minimum atomic E-state index is 0.497. The van der Waals surface area contributed by atoms with Gasteiger partial charge in [0.15, 0.2) is 17.5 Å². The van der Waals surface area contributed by atoms with Crippen molar-refractivity contribution in [2.75, 3.05) is 0 Å². The summed E-state index contributed by atoms with van der Waals surface area (Å²) < 4.78 is 21.9. The molecule has 0 aliphatic rings. The third-order valence-corrected chi connectivity index (χ3v) is 13.4. The van der Waals surface area contributed by atoms with Crippen molar-refractivity contribution in [3.8, 4) is 39.9 Å². The predicted molar refractivity (Wildman–Crippen MR) is 267 cm³/mol. The third-order valence-electron chi connectivity index (χ3n) is 13.4. The summed E-state index contributed by atoms with van der Waals surface area (Å²) >= 11 is 0. The topological polar surface area (TPSA) is 83.0 Å². The fourth-order valence-electron chi connectivity index (χ4n) is 10.4. The van der Waals surface area contributed by atoms with Crippen molar-refractivity contribution < 1.29 is 13.3 Å². The number of hydrogen-bond acceptors (Lipinski definition) is 6. The monoisotopic (exact) mass is 844 g/mol. The molecule has 5 heterocycles. The molecule has 0 unspecified atom stereocenters. The van der Waals surface area contributed by atoms with Gasteiger partial charge in [-0.05, 0) is 100 Å². The Morgan fingerprint density at radius 1 is 0.318 bits per heavy atom. The van der Waals surface area contributed by atoms with Crippen molar-refractivity contribution in [1.29, 1.82) is 0 Å². The van der Waals surface area contributed by atoms with E-state index < -0.39 is 0 Å². The van der Waals surface area contributed by atoms with E-state index in [0.29, 0.717) is 23.1 Å². The number of benzene rings is 10. The van der Waals surface area contributed by atoms with Crippen LogP contribution < -0.4 is 0 Å². The number of nitrogens with zero attached hydrogens (tertiary/aromatic N) is 4. The highest BCUT2D eigenvalue weighted by atomic mass is 16.3. The smallest absolute Gasteiger partial charge is 0.167 e. The molecule has 0 atom stereocenters. The Bertz CT molecular complexity index is 4550. The van der Waals surface area contributed by atoms with E-state index in [4.69, 9.17) is 28.2 Å². The number of hydrogen-bond donors (Lipinski definition) is 0. The minimum absolute atomic E-state index is 0.497. The molecule has 7 nitrogen and oxygen atoms in total. The first-order chi connectivity index (χ1) is 32.7. The van der Waals surface area contributed by atoms with Crippen molar-refractivity contribution in [2.45, 2.75) is 0 Å². The average Bonchev–Trinajstić information content (AvgIpc) is 4.14. The van der Waals surface area contributed by atoms with Gasteiger partial charge in [-0.1, -0.05) is 115 Å². The van der Waals surface area contributed by atoms with Crippen LogP contribution >= 0.6 is 0 Å². The van der Waals surface area contributed by atoms with Crippen LogP contribution in [0.1, 0.15) is 0 Å². The van der Waals surface area contributed by atoms with Gasteiger partial charge in [0.2, 0.25) is 0 Å². The second-order valence-electron chi connectivity index (χ2n) is 17.1. The Balaban J connectivity index is 1.03. The number of fused-ring (bicyclic) bond motifs is 15. The summed E-state index contributed by atoms with van der Waals surface area (Å²) in [5.41, 5.74) is 10.5. The van der Waals surface area contributed by atoms with Crippen LogP contribution in [-0.2, 0) is 0 Å². The molecule has 15 aromatic rings. The van der Waals surface area contributed by atoms with Gasteiger partial charge in [0, 0.05) is 59.9 Å². The molecule has 15 rings (SSSR count). The van der Waals surface area contributed by atoms with E-state index in [1.54, 1.807) is 0 Å². The quantitative estimate of drug-likeness (QED) is 0.175. The zero-order valence-corrected chi connectivity index (χ0v) is 35.0. The van der Waals surface area contributed by atoms with Gasteiger partial charge in [0.05, 0.1) is 16.6 Å². The first kappa shape index (κ1) is 35.4. The Hall–Kier alpha value is -9.07. The van der Waals surface area contributed by atoms with Crippen molar-refractivity contribution >= 4 is 109 Å². The molecule has 0 aliphatic heterocycles. The molecule has 66 heavy (non-hydrogen) atoms. The molecular formula is C59H32N4O3. The van der Waals surface area contributed by atoms with Gasteiger partial charge in [-0.25, -0.2) is 15.0 Å². The Labute approximate surface area is 374 Å². The lowest BCUT2D eigenvalue weighted by Crippen LogP contribution is -2.01. The lowest BCUT2D eigenvalue weighted by Gasteiger charge is -2.13. The van der Waals surface area contributed by atoms with Gasteiger partial charge in [-0.2, -0.15) is 0 Å². The van der Waals surface area contributed by atoms with Crippen LogP contribution in [0.5, 0.6) is 0 Å². The standard InChI is InChI=1S/C59H32N4O3/c1-2-13-34-32-48-44(29-33(34)12-1)39-14-3-7-19-47(39)63(48)37-25-26-38-36(28-37)31-46(56-55(38)42-17-6-10-22-51(42)66-56)59-61-57(35-24-27-52-45(30-35)40-15-4-8-20-49(40)64-52)60-58(62-59)43-18-11-23-53-54(43)41-16-5-9-21-50(41)65-53/h1-32H. The minimum Gasteiger partial charge on any atom is -0.456 e. The SMILES string of the molecule is c1ccc2cc3c(cc2c1)c1ccccc1n3-c1ccc2c(c1)cc(-c1nc(-c3ccc4oc5ccccc5c4c3)nc(-c3cccc4oc5ccccc5c34)n1)c1oc3ccccc3c12. The Kier molecular flexibility index (Phi) is 7.10. The fraction of sp³-hybridized carbons (Fsp3) is 0. The molecule has 0 spiro atoms. The van der Waals surface area contributed by atoms with E-state index in [2.05, 4.69) is 126 Å². The van der Waals surface area contributed by atoms with E-state index in [-0.39, 0.29) is 0 Å². The summed E-state index contributed by atoms with van der Waals surface area (Å²) in [4.78, 5) is 16.1. The first-order valence-corrected chi connectivity index (χ1v) is 22.1. The highest BCUT2D eigenvalue weighted by Crippen LogP contribution is 2.44. The molecule has 10 aromatic carbocycles. The van der Waals surface area contributed by atoms with E-state index in [1.807, 2.05) is 72.8 Å². The van der Waals surface area contributed by atoms with Crippen LogP contribution in [0, 0.1) is 0 Å². The van der Waals surface area contributed by atoms with Gasteiger partial charge >= 0.3 is 0 Å². The van der Waals surface area contributed by atoms with Crippen LogP contribution in [0.15, 0.2) is 207 Å². The second-order valence-corrected chi connectivity index (χ2v) is 17.1. The molecule has 7 heteroatoms. The molecule has 306 valence electrons. The van der Waals surface area contributed by atoms with Crippen LogP contribution in [0.25, 0.3) is 149 Å². The van der Waals surface area contributed by atoms with Gasteiger partial charge in [0.1, 0.15) is 33.5 Å². The summed E-state index contributed by atoms with van der Waals surface area (Å²) in [5.74, 6) is 1.55. The van der Waals surface area contributed by atoms with Gasteiger partial charge in [0.25, 0.3) is 0 Å². The zero-order valence-electron chi connectivity index (χ0n) is 35.0. The second kappa shape index (κ2) is 13.2. The highest BCUT2D eigenvalue weighted by molar-refractivity contribution is 6.23. The largest absolute Gasteiger partial charge is 0.456 e. The molecule has 0 aliphatic carbocycles. The molecule has 0 saturated heterocycles. The maximum atomic E-state index is 6.87. The van der Waals surface area contributed by atoms with Gasteiger partial charge in [-0.15, -0.1) is 0 Å². The Morgan fingerprint density at radius 2 is 0.939 bits per heavy atom. The molecule has 0 radical (unpaired) electrons. The summed E-state index contributed by atoms with van der Waals surface area (Å²) in [5, 5.41) is 13.0. The van der Waals surface area contributed by atoms with Crippen molar-refractivity contribution in [3.63, 3.8) is 0 Å². The molecule has 0 amide bonds. The van der Waals surface area contributed by atoms with Crippen LogP contribution in [0.4, 0.5) is 0 Å². The number of furan rings is 3. The average molecular weight is 845 g/mol. The van der Waals surface area contributed by atoms with E-state index in [0.717, 1.165) is 104 Å². The van der Waals surface area contributed by atoms with E-state index in [1.165, 1.54) is 21.5 Å². The fourth-order valence-corrected chi connectivity index (χ4v) is 10.4. The van der Waals surface area contributed by atoms with Gasteiger partial charge in [-0.3, -0.25) is 0 Å². The normalized spacial score (nSPS) is 12.2. The molecule has 5 aromatic heterocycles.